The molecule has 0 spiro atoms. The van der Waals surface area contributed by atoms with Gasteiger partial charge in [-0.25, -0.2) is 15.0 Å². The third-order valence-electron chi connectivity index (χ3n) is 14.0. The predicted molar refractivity (Wildman–Crippen MR) is 285 cm³/mol. The van der Waals surface area contributed by atoms with E-state index in [9.17, 15) is 0 Å². The van der Waals surface area contributed by atoms with Crippen LogP contribution in [-0.4, -0.2) is 24.1 Å². The molecule has 326 valence electrons. The normalized spacial score (nSPS) is 12.0. The number of benzene rings is 10. The van der Waals surface area contributed by atoms with Gasteiger partial charge in [-0.05, 0) is 102 Å². The summed E-state index contributed by atoms with van der Waals surface area (Å²) < 4.78 is 17.9. The van der Waals surface area contributed by atoms with Crippen LogP contribution in [0.15, 0.2) is 233 Å². The van der Waals surface area contributed by atoms with Crippen molar-refractivity contribution in [3.05, 3.63) is 224 Å². The van der Waals surface area contributed by atoms with Crippen molar-refractivity contribution in [1.29, 1.82) is 0 Å². The van der Waals surface area contributed by atoms with E-state index < -0.39 is 0 Å². The van der Waals surface area contributed by atoms with Crippen molar-refractivity contribution < 1.29 is 8.83 Å². The molecule has 0 aliphatic rings. The number of fused-ring (bicyclic) bond motifs is 12. The lowest BCUT2D eigenvalue weighted by molar-refractivity contribution is 0.669. The topological polar surface area (TPSA) is 74.8 Å². The summed E-state index contributed by atoms with van der Waals surface area (Å²) in [6.45, 7) is 0. The fraction of sp³-hybridized carbons (Fsp3) is 0. The SMILES string of the molecule is c1ccc(-c2nc(-c3ccc4c(c3)c3ccccc3n4-c3ccccc3)nc(-c3cccc4oc5ccc(-c6cccc7oc8ccc(-n9c%10ccccc%10c%10ccccc%109)cc8c67)cc5c34)n2)cc1. The zero-order valence-electron chi connectivity index (χ0n) is 37.4. The Balaban J connectivity index is 0.908. The van der Waals surface area contributed by atoms with Gasteiger partial charge in [0.25, 0.3) is 0 Å². The van der Waals surface area contributed by atoms with Crippen molar-refractivity contribution in [2.24, 2.45) is 0 Å². The second-order valence-corrected chi connectivity index (χ2v) is 17.9. The van der Waals surface area contributed by atoms with Crippen molar-refractivity contribution >= 4 is 87.5 Å². The highest BCUT2D eigenvalue weighted by Crippen LogP contribution is 2.43. The van der Waals surface area contributed by atoms with E-state index >= 15 is 0 Å². The van der Waals surface area contributed by atoms with Gasteiger partial charge < -0.3 is 18.0 Å². The molecule has 0 unspecified atom stereocenters. The molecule has 70 heavy (non-hydrogen) atoms. The Morgan fingerprint density at radius 2 is 0.757 bits per heavy atom. The molecule has 0 amide bonds. The van der Waals surface area contributed by atoms with Gasteiger partial charge in [-0.2, -0.15) is 0 Å². The lowest BCUT2D eigenvalue weighted by atomic mass is 9.97. The van der Waals surface area contributed by atoms with E-state index in [1.807, 2.05) is 42.5 Å². The van der Waals surface area contributed by atoms with Gasteiger partial charge in [0, 0.05) is 71.2 Å². The maximum Gasteiger partial charge on any atom is 0.164 e. The number of para-hydroxylation sites is 4. The Morgan fingerprint density at radius 1 is 0.271 bits per heavy atom. The number of furan rings is 2. The van der Waals surface area contributed by atoms with Crippen LogP contribution in [0, 0.1) is 0 Å². The first-order valence-electron chi connectivity index (χ1n) is 23.5. The van der Waals surface area contributed by atoms with Gasteiger partial charge in [0.15, 0.2) is 17.5 Å². The zero-order chi connectivity index (χ0) is 45.9. The maximum absolute atomic E-state index is 6.64. The first kappa shape index (κ1) is 38.5. The average molecular weight is 896 g/mol. The van der Waals surface area contributed by atoms with Crippen LogP contribution < -0.4 is 0 Å². The number of hydrogen-bond acceptors (Lipinski definition) is 5. The highest BCUT2D eigenvalue weighted by Gasteiger charge is 2.22. The molecule has 15 rings (SSSR count). The molecule has 0 aliphatic heterocycles. The van der Waals surface area contributed by atoms with Gasteiger partial charge in [-0.15, -0.1) is 0 Å². The minimum Gasteiger partial charge on any atom is -0.456 e. The predicted octanol–water partition coefficient (Wildman–Crippen LogP) is 16.5. The van der Waals surface area contributed by atoms with E-state index in [0.29, 0.717) is 17.5 Å². The smallest absolute Gasteiger partial charge is 0.164 e. The largest absolute Gasteiger partial charge is 0.456 e. The Kier molecular flexibility index (Phi) is 8.23. The van der Waals surface area contributed by atoms with Gasteiger partial charge in [0.1, 0.15) is 22.3 Å². The van der Waals surface area contributed by atoms with Crippen molar-refractivity contribution in [3.63, 3.8) is 0 Å². The first-order valence-corrected chi connectivity index (χ1v) is 23.5. The van der Waals surface area contributed by atoms with E-state index in [0.717, 1.165) is 105 Å². The molecule has 0 saturated heterocycles. The van der Waals surface area contributed by atoms with Crippen molar-refractivity contribution in [1.82, 2.24) is 24.1 Å². The van der Waals surface area contributed by atoms with Crippen molar-refractivity contribution in [2.75, 3.05) is 0 Å². The van der Waals surface area contributed by atoms with Gasteiger partial charge >= 0.3 is 0 Å². The lowest BCUT2D eigenvalue weighted by Crippen LogP contribution is -2.00. The molecule has 15 aromatic rings. The van der Waals surface area contributed by atoms with Crippen LogP contribution in [0.5, 0.6) is 0 Å². The summed E-state index contributed by atoms with van der Waals surface area (Å²) in [7, 11) is 0. The summed E-state index contributed by atoms with van der Waals surface area (Å²) in [5, 5.41) is 8.76. The Hall–Kier alpha value is -9.59. The molecule has 0 radical (unpaired) electrons. The maximum atomic E-state index is 6.64. The molecule has 10 aromatic carbocycles. The van der Waals surface area contributed by atoms with Crippen LogP contribution in [0.4, 0.5) is 0 Å². The number of nitrogens with zero attached hydrogens (tertiary/aromatic N) is 5. The van der Waals surface area contributed by atoms with E-state index in [-0.39, 0.29) is 0 Å². The van der Waals surface area contributed by atoms with Crippen molar-refractivity contribution in [2.45, 2.75) is 0 Å². The van der Waals surface area contributed by atoms with E-state index in [4.69, 9.17) is 23.8 Å². The van der Waals surface area contributed by atoms with E-state index in [2.05, 4.69) is 191 Å². The number of hydrogen-bond donors (Lipinski definition) is 0. The average Bonchev–Trinajstić information content (AvgIpc) is 4.18. The first-order chi connectivity index (χ1) is 34.7. The van der Waals surface area contributed by atoms with Crippen LogP contribution in [0.1, 0.15) is 0 Å². The second kappa shape index (κ2) is 15.0. The molecular formula is C63H37N5O2. The summed E-state index contributed by atoms with van der Waals surface area (Å²) in [5.74, 6) is 1.75. The van der Waals surface area contributed by atoms with Crippen molar-refractivity contribution in [3.8, 4) is 56.7 Å². The molecule has 5 aromatic heterocycles. The molecule has 0 fully saturated rings. The number of aromatic nitrogens is 5. The monoisotopic (exact) mass is 895 g/mol. The zero-order valence-corrected chi connectivity index (χ0v) is 37.4. The fourth-order valence-electron chi connectivity index (χ4n) is 10.9. The minimum absolute atomic E-state index is 0.565. The molecule has 7 nitrogen and oxygen atoms in total. The van der Waals surface area contributed by atoms with Gasteiger partial charge in [0.2, 0.25) is 0 Å². The Bertz CT molecular complexity index is 4540. The third-order valence-corrected chi connectivity index (χ3v) is 14.0. The van der Waals surface area contributed by atoms with Crippen LogP contribution in [0.3, 0.4) is 0 Å². The fourth-order valence-corrected chi connectivity index (χ4v) is 10.9. The molecule has 0 aliphatic carbocycles. The summed E-state index contributed by atoms with van der Waals surface area (Å²) >= 11 is 0. The summed E-state index contributed by atoms with van der Waals surface area (Å²) in [4.78, 5) is 15.7. The second-order valence-electron chi connectivity index (χ2n) is 17.9. The van der Waals surface area contributed by atoms with Gasteiger partial charge in [-0.1, -0.05) is 133 Å². The van der Waals surface area contributed by atoms with E-state index in [1.54, 1.807) is 0 Å². The minimum atomic E-state index is 0.565. The quantitative estimate of drug-likeness (QED) is 0.166. The molecule has 0 N–H and O–H groups in total. The molecule has 0 saturated carbocycles. The highest BCUT2D eigenvalue weighted by atomic mass is 16.3. The molecule has 7 heteroatoms. The molecular weight excluding hydrogens is 859 g/mol. The van der Waals surface area contributed by atoms with Crippen LogP contribution in [0.2, 0.25) is 0 Å². The molecule has 0 bridgehead atoms. The van der Waals surface area contributed by atoms with E-state index in [1.165, 1.54) is 21.8 Å². The van der Waals surface area contributed by atoms with Gasteiger partial charge in [0.05, 0.1) is 22.1 Å². The summed E-state index contributed by atoms with van der Waals surface area (Å²) in [6.07, 6.45) is 0. The summed E-state index contributed by atoms with van der Waals surface area (Å²) in [5.41, 5.74) is 14.8. The van der Waals surface area contributed by atoms with Crippen LogP contribution >= 0.6 is 0 Å². The van der Waals surface area contributed by atoms with Crippen LogP contribution in [-0.2, 0) is 0 Å². The molecule has 0 atom stereocenters. The Labute approximate surface area is 399 Å². The van der Waals surface area contributed by atoms with Crippen LogP contribution in [0.25, 0.3) is 144 Å². The lowest BCUT2D eigenvalue weighted by Gasteiger charge is -2.10. The Morgan fingerprint density at radius 3 is 1.44 bits per heavy atom. The summed E-state index contributed by atoms with van der Waals surface area (Å²) in [6, 6.07) is 78.4. The standard InChI is InChI=1S/C63H37N5O2/c1-3-15-38(16-4-1)61-64-62(40-29-32-54-48(36-40)46-21-9-12-26-53(46)67(54)41-17-5-2-6-18-41)66-63(65-61)47-23-14-28-58-60(47)49-35-39(30-33-55(49)69-58)43-22-13-27-57-59(43)50-37-42(31-34-56(50)70-57)68-51-24-10-7-19-44(51)45-20-8-11-25-52(45)68/h1-37H. The highest BCUT2D eigenvalue weighted by molar-refractivity contribution is 6.17. The number of rotatable bonds is 6. The molecule has 5 heterocycles. The third kappa shape index (κ3) is 5.79. The van der Waals surface area contributed by atoms with Gasteiger partial charge in [-0.3, -0.25) is 0 Å².